The second kappa shape index (κ2) is 14.5. The minimum atomic E-state index is -1.22. The number of carbonyl (C=O) groups excluding carboxylic acids is 2. The minimum absolute atomic E-state index is 0.0429. The molecular formula is C27H31Cl2IN2O7. The van der Waals surface area contributed by atoms with E-state index in [0.717, 1.165) is 0 Å². The smallest absolute Gasteiger partial charge is 0.247 e. The van der Waals surface area contributed by atoms with Gasteiger partial charge in [0.05, 0.1) is 29.9 Å². The maximum atomic E-state index is 13.2. The molecule has 2 aromatic rings. The van der Waals surface area contributed by atoms with Crippen LogP contribution in [0, 0.1) is 3.57 Å². The van der Waals surface area contributed by atoms with Crippen molar-refractivity contribution in [2.45, 2.75) is 51.2 Å². The second-order valence-corrected chi connectivity index (χ2v) is 10.9. The fourth-order valence-corrected chi connectivity index (χ4v) is 5.58. The molecule has 2 aromatic carbocycles. The lowest BCUT2D eigenvalue weighted by molar-refractivity contribution is -0.139. The van der Waals surface area contributed by atoms with E-state index in [0.29, 0.717) is 41.8 Å². The molecule has 0 aromatic heterocycles. The zero-order valence-electron chi connectivity index (χ0n) is 21.5. The number of aliphatic hydroxyl groups is 3. The number of hydrogen-bond acceptors (Lipinski definition) is 7. The molecule has 0 saturated carbocycles. The van der Waals surface area contributed by atoms with Crippen molar-refractivity contribution in [3.63, 3.8) is 0 Å². The molecule has 0 aliphatic heterocycles. The first-order valence-electron chi connectivity index (χ1n) is 12.3. The third kappa shape index (κ3) is 7.77. The van der Waals surface area contributed by atoms with Crippen molar-refractivity contribution in [3.8, 4) is 11.5 Å². The van der Waals surface area contributed by atoms with E-state index in [4.69, 9.17) is 32.7 Å². The van der Waals surface area contributed by atoms with Crippen molar-refractivity contribution in [2.75, 3.05) is 20.3 Å². The number of hydrogen-bond donors (Lipinski definition) is 4. The van der Waals surface area contributed by atoms with Gasteiger partial charge in [0.15, 0.2) is 11.5 Å². The molecule has 1 aliphatic rings. The minimum Gasteiger partial charge on any atom is -0.493 e. The van der Waals surface area contributed by atoms with Gasteiger partial charge in [-0.05, 0) is 64.1 Å². The summed E-state index contributed by atoms with van der Waals surface area (Å²) in [6.07, 6.45) is -0.530. The number of amides is 2. The lowest BCUT2D eigenvalue weighted by Gasteiger charge is -2.40. The largest absolute Gasteiger partial charge is 0.493 e. The molecule has 212 valence electrons. The van der Waals surface area contributed by atoms with Crippen molar-refractivity contribution < 1.29 is 34.4 Å². The van der Waals surface area contributed by atoms with E-state index in [2.05, 4.69) is 5.32 Å². The van der Waals surface area contributed by atoms with Gasteiger partial charge in [-0.15, -0.1) is 0 Å². The first-order chi connectivity index (χ1) is 18.6. The van der Waals surface area contributed by atoms with Crippen LogP contribution in [-0.2, 0) is 22.7 Å². The van der Waals surface area contributed by atoms with Crippen LogP contribution in [0.3, 0.4) is 0 Å². The van der Waals surface area contributed by atoms with Gasteiger partial charge in [-0.2, -0.15) is 0 Å². The topological polar surface area (TPSA) is 129 Å². The van der Waals surface area contributed by atoms with Gasteiger partial charge in [-0.25, -0.2) is 0 Å². The predicted molar refractivity (Wildman–Crippen MR) is 156 cm³/mol. The summed E-state index contributed by atoms with van der Waals surface area (Å²) in [7, 11) is 1.46. The molecule has 0 fully saturated rings. The highest BCUT2D eigenvalue weighted by atomic mass is 127. The normalized spacial score (nSPS) is 18.8. The number of nitrogens with zero attached hydrogens (tertiary/aromatic N) is 1. The molecule has 2 amide bonds. The van der Waals surface area contributed by atoms with Crippen LogP contribution in [0.4, 0.5) is 0 Å². The fourth-order valence-electron chi connectivity index (χ4n) is 4.32. The van der Waals surface area contributed by atoms with Gasteiger partial charge in [0, 0.05) is 41.5 Å². The van der Waals surface area contributed by atoms with Gasteiger partial charge >= 0.3 is 0 Å². The number of ether oxygens (including phenoxy) is 2. The molecule has 12 heteroatoms. The second-order valence-electron chi connectivity index (χ2n) is 8.89. The Labute approximate surface area is 250 Å². The molecule has 9 nitrogen and oxygen atoms in total. The van der Waals surface area contributed by atoms with Crippen molar-refractivity contribution in [2.24, 2.45) is 0 Å². The SMILES string of the molecule is CCC(=O)N(Cc1ccc(Cl)cc1Cl)C1CC(C(=O)NCCO)=CC(Oc2c(I)cc(CO)cc2OC)C1O. The van der Waals surface area contributed by atoms with Crippen LogP contribution in [0.5, 0.6) is 11.5 Å². The van der Waals surface area contributed by atoms with Crippen molar-refractivity contribution in [3.05, 3.63) is 66.7 Å². The number of halogens is 3. The molecule has 0 heterocycles. The molecule has 0 spiro atoms. The molecule has 3 unspecified atom stereocenters. The van der Waals surface area contributed by atoms with Gasteiger partial charge in [-0.3, -0.25) is 9.59 Å². The summed E-state index contributed by atoms with van der Waals surface area (Å²) >= 11 is 14.5. The predicted octanol–water partition coefficient (Wildman–Crippen LogP) is 3.45. The van der Waals surface area contributed by atoms with Crippen LogP contribution in [0.1, 0.15) is 30.9 Å². The molecule has 0 radical (unpaired) electrons. The Morgan fingerprint density at radius 3 is 2.56 bits per heavy atom. The average Bonchev–Trinajstić information content (AvgIpc) is 2.92. The summed E-state index contributed by atoms with van der Waals surface area (Å²) in [6, 6.07) is 7.46. The van der Waals surface area contributed by atoms with E-state index in [1.54, 1.807) is 37.3 Å². The summed E-state index contributed by atoms with van der Waals surface area (Å²) < 4.78 is 12.3. The number of rotatable bonds is 11. The number of methoxy groups -OCH3 is 1. The number of nitrogens with one attached hydrogen (secondary N) is 1. The van der Waals surface area contributed by atoms with E-state index in [1.165, 1.54) is 18.1 Å². The summed E-state index contributed by atoms with van der Waals surface area (Å²) in [4.78, 5) is 27.7. The summed E-state index contributed by atoms with van der Waals surface area (Å²) in [6.45, 7) is 1.39. The van der Waals surface area contributed by atoms with E-state index < -0.39 is 24.2 Å². The summed E-state index contributed by atoms with van der Waals surface area (Å²) in [5.41, 5.74) is 1.54. The maximum absolute atomic E-state index is 13.2. The highest BCUT2D eigenvalue weighted by Gasteiger charge is 2.40. The van der Waals surface area contributed by atoms with Gasteiger partial charge in [0.1, 0.15) is 12.2 Å². The summed E-state index contributed by atoms with van der Waals surface area (Å²) in [5, 5.41) is 33.7. The third-order valence-electron chi connectivity index (χ3n) is 6.32. The van der Waals surface area contributed by atoms with Gasteiger partial charge in [0.25, 0.3) is 0 Å². The number of carbonyl (C=O) groups is 2. The lowest BCUT2D eigenvalue weighted by Crippen LogP contribution is -2.54. The third-order valence-corrected chi connectivity index (χ3v) is 7.71. The Bertz CT molecular complexity index is 1230. The zero-order chi connectivity index (χ0) is 28.7. The molecule has 3 atom stereocenters. The quantitative estimate of drug-likeness (QED) is 0.266. The molecule has 39 heavy (non-hydrogen) atoms. The number of benzene rings is 2. The average molecular weight is 693 g/mol. The van der Waals surface area contributed by atoms with Gasteiger partial charge < -0.3 is 35.0 Å². The first kappa shape index (κ1) is 31.4. The highest BCUT2D eigenvalue weighted by molar-refractivity contribution is 14.1. The molecular weight excluding hydrogens is 662 g/mol. The Kier molecular flexibility index (Phi) is 11.7. The lowest BCUT2D eigenvalue weighted by atomic mass is 9.87. The summed E-state index contributed by atoms with van der Waals surface area (Å²) in [5.74, 6) is -0.0320. The van der Waals surface area contributed by atoms with E-state index in [1.807, 2.05) is 22.6 Å². The van der Waals surface area contributed by atoms with Crippen LogP contribution in [0.15, 0.2) is 42.0 Å². The van der Waals surface area contributed by atoms with Crippen molar-refractivity contribution >= 4 is 57.6 Å². The first-order valence-corrected chi connectivity index (χ1v) is 14.1. The standard InChI is InChI=1S/C27H31Cl2IN2O7/c1-3-24(35)32(13-16-4-5-18(28)12-19(16)29)21-10-17(27(37)31-6-7-33)11-22(25(21)36)39-26-20(30)8-15(14-34)9-23(26)38-2/h4-5,8-9,11-12,21-22,25,33-34,36H,3,6-7,10,13-14H2,1-2H3,(H,31,37). The van der Waals surface area contributed by atoms with Crippen LogP contribution in [0.2, 0.25) is 10.0 Å². The van der Waals surface area contributed by atoms with Crippen LogP contribution < -0.4 is 14.8 Å². The van der Waals surface area contributed by atoms with Crippen LogP contribution in [0.25, 0.3) is 0 Å². The highest BCUT2D eigenvalue weighted by Crippen LogP contribution is 2.37. The van der Waals surface area contributed by atoms with Crippen molar-refractivity contribution in [1.29, 1.82) is 0 Å². The van der Waals surface area contributed by atoms with E-state index in [-0.39, 0.29) is 45.1 Å². The Balaban J connectivity index is 2.04. The molecule has 3 rings (SSSR count). The van der Waals surface area contributed by atoms with Crippen LogP contribution >= 0.6 is 45.8 Å². The van der Waals surface area contributed by atoms with Crippen LogP contribution in [-0.4, -0.2) is 70.5 Å². The Morgan fingerprint density at radius 2 is 1.95 bits per heavy atom. The zero-order valence-corrected chi connectivity index (χ0v) is 25.2. The van der Waals surface area contributed by atoms with Gasteiger partial charge in [0.2, 0.25) is 11.8 Å². The van der Waals surface area contributed by atoms with E-state index in [9.17, 15) is 24.9 Å². The molecule has 1 aliphatic carbocycles. The molecule has 0 saturated heterocycles. The monoisotopic (exact) mass is 692 g/mol. The Hall–Kier alpha value is -2.09. The van der Waals surface area contributed by atoms with Gasteiger partial charge in [-0.1, -0.05) is 36.2 Å². The fraction of sp³-hybridized carbons (Fsp3) is 0.407. The number of aliphatic hydroxyl groups excluding tert-OH is 3. The maximum Gasteiger partial charge on any atom is 0.247 e. The molecule has 4 N–H and O–H groups in total. The van der Waals surface area contributed by atoms with E-state index >= 15 is 0 Å². The molecule has 0 bridgehead atoms. The van der Waals surface area contributed by atoms with Crippen molar-refractivity contribution in [1.82, 2.24) is 10.2 Å². The Morgan fingerprint density at radius 1 is 1.21 bits per heavy atom.